The monoisotopic (exact) mass is 234 g/mol. The summed E-state index contributed by atoms with van der Waals surface area (Å²) < 4.78 is 13.4. The Hall–Kier alpha value is -0.0800. The van der Waals surface area contributed by atoms with E-state index in [-0.39, 0.29) is 15.6 Å². The molecule has 0 spiro atoms. The third kappa shape index (κ3) is 2.71. The van der Waals surface area contributed by atoms with Gasteiger partial charge in [-0.05, 0) is 17.9 Å². The molecule has 80 valence electrons. The first-order valence-electron chi connectivity index (χ1n) is 4.92. The number of hydrogen-bond acceptors (Lipinski definition) is 1. The average molecular weight is 235 g/mol. The lowest BCUT2D eigenvalue weighted by molar-refractivity contribution is 0.464. The predicted molar refractivity (Wildman–Crippen MR) is 61.8 cm³/mol. The highest BCUT2D eigenvalue weighted by molar-refractivity contribution is 7.16. The van der Waals surface area contributed by atoms with Crippen molar-refractivity contribution in [2.24, 2.45) is 0 Å². The molecule has 0 aliphatic carbocycles. The molecule has 1 heterocycles. The zero-order valence-corrected chi connectivity index (χ0v) is 10.4. The Bertz CT molecular complexity index is 285. The highest BCUT2D eigenvalue weighted by Crippen LogP contribution is 2.37. The van der Waals surface area contributed by atoms with Crippen LogP contribution in [0.4, 0.5) is 4.39 Å². The molecule has 3 heteroatoms. The Morgan fingerprint density at radius 2 is 2.14 bits per heavy atom. The lowest BCUT2D eigenvalue weighted by Crippen LogP contribution is -2.14. The molecule has 0 saturated carbocycles. The fourth-order valence-corrected chi connectivity index (χ4v) is 2.62. The predicted octanol–water partition coefficient (Wildman–Crippen LogP) is 5.01. The van der Waals surface area contributed by atoms with Crippen molar-refractivity contribution in [1.29, 1.82) is 0 Å². The molecule has 14 heavy (non-hydrogen) atoms. The van der Waals surface area contributed by atoms with Gasteiger partial charge in [-0.3, -0.25) is 0 Å². The summed E-state index contributed by atoms with van der Waals surface area (Å²) in [6.45, 7) is 6.45. The lowest BCUT2D eigenvalue weighted by atomic mass is 9.86. The third-order valence-electron chi connectivity index (χ3n) is 2.47. The van der Waals surface area contributed by atoms with E-state index in [1.807, 2.05) is 0 Å². The first-order valence-corrected chi connectivity index (χ1v) is 6.12. The van der Waals surface area contributed by atoms with Crippen LogP contribution >= 0.6 is 22.9 Å². The molecule has 0 atom stereocenters. The fourth-order valence-electron chi connectivity index (χ4n) is 1.42. The van der Waals surface area contributed by atoms with Crippen molar-refractivity contribution in [2.45, 2.75) is 45.4 Å². The van der Waals surface area contributed by atoms with Crippen LogP contribution in [0.5, 0.6) is 0 Å². The molecule has 0 saturated heterocycles. The first-order chi connectivity index (χ1) is 6.47. The zero-order valence-electron chi connectivity index (χ0n) is 8.86. The quantitative estimate of drug-likeness (QED) is 0.687. The van der Waals surface area contributed by atoms with Crippen LogP contribution in [0.15, 0.2) is 6.07 Å². The summed E-state index contributed by atoms with van der Waals surface area (Å²) in [5.41, 5.74) is 0.0503. The smallest absolute Gasteiger partial charge is 0.152 e. The Balaban J connectivity index is 2.80. The molecule has 0 unspecified atom stereocenters. The minimum absolute atomic E-state index is 0.0503. The van der Waals surface area contributed by atoms with E-state index in [1.165, 1.54) is 24.2 Å². The van der Waals surface area contributed by atoms with Crippen LogP contribution in [0.25, 0.3) is 0 Å². The number of unbranched alkanes of at least 4 members (excludes halogenated alkanes) is 1. The number of halogens is 2. The molecule has 1 rings (SSSR count). The molecular weight excluding hydrogens is 219 g/mol. The summed E-state index contributed by atoms with van der Waals surface area (Å²) in [7, 11) is 0. The van der Waals surface area contributed by atoms with Gasteiger partial charge in [0, 0.05) is 4.88 Å². The van der Waals surface area contributed by atoms with Crippen LogP contribution < -0.4 is 0 Å². The van der Waals surface area contributed by atoms with Gasteiger partial charge < -0.3 is 0 Å². The first kappa shape index (κ1) is 12.0. The number of hydrogen-bond donors (Lipinski definition) is 0. The summed E-state index contributed by atoms with van der Waals surface area (Å²) in [5.74, 6) is -0.281. The SMILES string of the molecule is CCCCC(C)(C)c1cc(F)c(Cl)s1. The number of rotatable bonds is 4. The summed E-state index contributed by atoms with van der Waals surface area (Å²) in [5, 5.41) is 0. The Morgan fingerprint density at radius 3 is 2.57 bits per heavy atom. The lowest BCUT2D eigenvalue weighted by Gasteiger charge is -2.22. The molecule has 0 aliphatic rings. The molecule has 0 nitrogen and oxygen atoms in total. The maximum atomic E-state index is 13.1. The Labute approximate surface area is 94.1 Å². The molecule has 0 fully saturated rings. The van der Waals surface area contributed by atoms with Crippen LogP contribution in [-0.4, -0.2) is 0 Å². The Kier molecular flexibility index (Phi) is 3.96. The molecule has 0 N–H and O–H groups in total. The number of thiophene rings is 1. The van der Waals surface area contributed by atoms with E-state index in [2.05, 4.69) is 20.8 Å². The van der Waals surface area contributed by atoms with Crippen LogP contribution in [0.3, 0.4) is 0 Å². The van der Waals surface area contributed by atoms with Gasteiger partial charge in [-0.1, -0.05) is 45.2 Å². The van der Waals surface area contributed by atoms with Crippen LogP contribution in [0.2, 0.25) is 4.34 Å². The van der Waals surface area contributed by atoms with Crippen molar-refractivity contribution in [3.05, 3.63) is 21.1 Å². The van der Waals surface area contributed by atoms with Gasteiger partial charge >= 0.3 is 0 Å². The maximum Gasteiger partial charge on any atom is 0.152 e. The van der Waals surface area contributed by atoms with Crippen LogP contribution in [0, 0.1) is 5.82 Å². The van der Waals surface area contributed by atoms with E-state index in [1.54, 1.807) is 6.07 Å². The zero-order chi connectivity index (χ0) is 10.8. The highest BCUT2D eigenvalue weighted by atomic mass is 35.5. The molecule has 0 amide bonds. The topological polar surface area (TPSA) is 0 Å². The Morgan fingerprint density at radius 1 is 1.50 bits per heavy atom. The summed E-state index contributed by atoms with van der Waals surface area (Å²) >= 11 is 7.08. The highest BCUT2D eigenvalue weighted by Gasteiger charge is 2.23. The van der Waals surface area contributed by atoms with Crippen molar-refractivity contribution >= 4 is 22.9 Å². The van der Waals surface area contributed by atoms with E-state index < -0.39 is 0 Å². The van der Waals surface area contributed by atoms with E-state index in [0.717, 1.165) is 11.3 Å². The second kappa shape index (κ2) is 4.63. The standard InChI is InChI=1S/C11H16ClFS/c1-4-5-6-11(2,3)9-7-8(13)10(12)14-9/h7H,4-6H2,1-3H3. The molecule has 0 radical (unpaired) electrons. The van der Waals surface area contributed by atoms with E-state index >= 15 is 0 Å². The molecule has 0 aliphatic heterocycles. The van der Waals surface area contributed by atoms with Crippen LogP contribution in [0.1, 0.15) is 44.9 Å². The molecular formula is C11H16ClFS. The van der Waals surface area contributed by atoms with Gasteiger partial charge in [-0.15, -0.1) is 11.3 Å². The normalized spacial score (nSPS) is 12.1. The maximum absolute atomic E-state index is 13.1. The van der Waals surface area contributed by atoms with E-state index in [0.29, 0.717) is 0 Å². The van der Waals surface area contributed by atoms with Gasteiger partial charge in [-0.25, -0.2) is 4.39 Å². The van der Waals surface area contributed by atoms with Crippen molar-refractivity contribution in [3.8, 4) is 0 Å². The molecule has 1 aromatic heterocycles. The van der Waals surface area contributed by atoms with Gasteiger partial charge in [-0.2, -0.15) is 0 Å². The molecule has 1 aromatic rings. The van der Waals surface area contributed by atoms with Crippen molar-refractivity contribution in [1.82, 2.24) is 0 Å². The minimum Gasteiger partial charge on any atom is -0.204 e. The third-order valence-corrected chi connectivity index (χ3v) is 4.14. The largest absolute Gasteiger partial charge is 0.204 e. The summed E-state index contributed by atoms with van der Waals surface area (Å²) in [4.78, 5) is 1.05. The van der Waals surface area contributed by atoms with Gasteiger partial charge in [0.1, 0.15) is 4.34 Å². The van der Waals surface area contributed by atoms with Crippen LogP contribution in [-0.2, 0) is 5.41 Å². The fraction of sp³-hybridized carbons (Fsp3) is 0.636. The second-order valence-electron chi connectivity index (χ2n) is 4.22. The van der Waals surface area contributed by atoms with Crippen molar-refractivity contribution in [2.75, 3.05) is 0 Å². The van der Waals surface area contributed by atoms with E-state index in [9.17, 15) is 4.39 Å². The van der Waals surface area contributed by atoms with Crippen molar-refractivity contribution in [3.63, 3.8) is 0 Å². The second-order valence-corrected chi connectivity index (χ2v) is 5.87. The van der Waals surface area contributed by atoms with Crippen molar-refractivity contribution < 1.29 is 4.39 Å². The van der Waals surface area contributed by atoms with E-state index in [4.69, 9.17) is 11.6 Å². The minimum atomic E-state index is -0.281. The molecule has 0 aromatic carbocycles. The molecule has 0 bridgehead atoms. The van der Waals surface area contributed by atoms with Gasteiger partial charge in [0.2, 0.25) is 0 Å². The summed E-state index contributed by atoms with van der Waals surface area (Å²) in [6, 6.07) is 1.57. The summed E-state index contributed by atoms with van der Waals surface area (Å²) in [6.07, 6.45) is 3.43. The van der Waals surface area contributed by atoms with Gasteiger partial charge in [0.15, 0.2) is 5.82 Å². The van der Waals surface area contributed by atoms with Gasteiger partial charge in [0.25, 0.3) is 0 Å². The average Bonchev–Trinajstić information content (AvgIpc) is 2.45. The van der Waals surface area contributed by atoms with Gasteiger partial charge in [0.05, 0.1) is 0 Å².